The number of hydrogen-bond acceptors (Lipinski definition) is 6. The summed E-state index contributed by atoms with van der Waals surface area (Å²) in [5, 5.41) is 13.4. The number of benzene rings is 3. The predicted molar refractivity (Wildman–Crippen MR) is 146 cm³/mol. The molecule has 0 aliphatic carbocycles. The third kappa shape index (κ3) is 6.28. The molecule has 0 saturated carbocycles. The monoisotopic (exact) mass is 497 g/mol. The van der Waals surface area contributed by atoms with Gasteiger partial charge in [0.2, 0.25) is 0 Å². The maximum absolute atomic E-state index is 12.4. The number of amides is 1. The van der Waals surface area contributed by atoms with Gasteiger partial charge in [-0.3, -0.25) is 9.36 Å². The standard InChI is InChI=1S/C28H27N5O2S/c1-20-10-14-23(15-11-20)27-31-32-28(33(27)24-16-12-21(2)13-17-24)36-19-26(34)30-29-18-6-8-22-7-4-5-9-25(22)35-3/h4-18H,19H2,1-3H3,(H,30,34). The summed E-state index contributed by atoms with van der Waals surface area (Å²) in [5.41, 5.74) is 7.70. The fourth-order valence-electron chi connectivity index (χ4n) is 3.45. The minimum Gasteiger partial charge on any atom is -0.496 e. The maximum Gasteiger partial charge on any atom is 0.250 e. The summed E-state index contributed by atoms with van der Waals surface area (Å²) in [6, 6.07) is 23.9. The molecular formula is C28H27N5O2S. The van der Waals surface area contributed by atoms with Gasteiger partial charge in [-0.25, -0.2) is 5.43 Å². The summed E-state index contributed by atoms with van der Waals surface area (Å²) in [6.07, 6.45) is 5.13. The predicted octanol–water partition coefficient (Wildman–Crippen LogP) is 5.47. The number of aryl methyl sites for hydroxylation is 2. The van der Waals surface area contributed by atoms with E-state index in [9.17, 15) is 4.79 Å². The number of nitrogens with zero attached hydrogens (tertiary/aromatic N) is 4. The van der Waals surface area contributed by atoms with Crippen LogP contribution in [0.5, 0.6) is 5.75 Å². The molecule has 4 aromatic rings. The molecule has 7 nitrogen and oxygen atoms in total. The van der Waals surface area contributed by atoms with Gasteiger partial charge in [0.05, 0.1) is 12.9 Å². The summed E-state index contributed by atoms with van der Waals surface area (Å²) in [6.45, 7) is 4.09. The van der Waals surface area contributed by atoms with Gasteiger partial charge in [0.25, 0.3) is 5.91 Å². The topological polar surface area (TPSA) is 81.4 Å². The van der Waals surface area contributed by atoms with E-state index in [4.69, 9.17) is 4.74 Å². The van der Waals surface area contributed by atoms with Crippen molar-refractivity contribution in [3.8, 4) is 22.8 Å². The zero-order chi connectivity index (χ0) is 25.3. The van der Waals surface area contributed by atoms with E-state index in [1.807, 2.05) is 97.3 Å². The van der Waals surface area contributed by atoms with Crippen molar-refractivity contribution in [2.75, 3.05) is 12.9 Å². The van der Waals surface area contributed by atoms with Crippen LogP contribution in [0.1, 0.15) is 16.7 Å². The lowest BCUT2D eigenvalue weighted by molar-refractivity contribution is -0.118. The average Bonchev–Trinajstić information content (AvgIpc) is 3.32. The number of rotatable bonds is 9. The van der Waals surface area contributed by atoms with Gasteiger partial charge >= 0.3 is 0 Å². The van der Waals surface area contributed by atoms with Gasteiger partial charge in [0, 0.05) is 23.0 Å². The number of methoxy groups -OCH3 is 1. The highest BCUT2D eigenvalue weighted by Gasteiger charge is 2.17. The highest BCUT2D eigenvalue weighted by Crippen LogP contribution is 2.28. The second-order valence-electron chi connectivity index (χ2n) is 8.05. The van der Waals surface area contributed by atoms with Crippen LogP contribution in [0.4, 0.5) is 0 Å². The van der Waals surface area contributed by atoms with Gasteiger partial charge in [-0.15, -0.1) is 10.2 Å². The van der Waals surface area contributed by atoms with Gasteiger partial charge < -0.3 is 4.74 Å². The van der Waals surface area contributed by atoms with Crippen LogP contribution in [0.2, 0.25) is 0 Å². The van der Waals surface area contributed by atoms with Crippen molar-refractivity contribution < 1.29 is 9.53 Å². The number of carbonyl (C=O) groups excluding carboxylic acids is 1. The smallest absolute Gasteiger partial charge is 0.250 e. The van der Waals surface area contributed by atoms with Gasteiger partial charge in [-0.1, -0.05) is 77.5 Å². The molecule has 1 amide bonds. The highest BCUT2D eigenvalue weighted by molar-refractivity contribution is 7.99. The van der Waals surface area contributed by atoms with E-state index >= 15 is 0 Å². The third-order valence-corrected chi connectivity index (χ3v) is 6.26. The Hall–Kier alpha value is -4.17. The highest BCUT2D eigenvalue weighted by atomic mass is 32.2. The summed E-state index contributed by atoms with van der Waals surface area (Å²) in [4.78, 5) is 12.4. The second-order valence-corrected chi connectivity index (χ2v) is 8.99. The third-order valence-electron chi connectivity index (χ3n) is 5.33. The van der Waals surface area contributed by atoms with Gasteiger partial charge in [-0.2, -0.15) is 5.10 Å². The Labute approximate surface area is 214 Å². The van der Waals surface area contributed by atoms with Crippen LogP contribution >= 0.6 is 11.8 Å². The van der Waals surface area contributed by atoms with Crippen molar-refractivity contribution in [3.63, 3.8) is 0 Å². The van der Waals surface area contributed by atoms with Gasteiger partial charge in [0.1, 0.15) is 5.75 Å². The number of thioether (sulfide) groups is 1. The fraction of sp³-hybridized carbons (Fsp3) is 0.143. The Morgan fingerprint density at radius 1 is 1.00 bits per heavy atom. The van der Waals surface area contributed by atoms with E-state index < -0.39 is 0 Å². The van der Waals surface area contributed by atoms with Crippen LogP contribution in [0.3, 0.4) is 0 Å². The summed E-state index contributed by atoms with van der Waals surface area (Å²) >= 11 is 1.31. The second kappa shape index (κ2) is 12.0. The number of ether oxygens (including phenoxy) is 1. The van der Waals surface area contributed by atoms with Crippen LogP contribution in [0, 0.1) is 13.8 Å². The van der Waals surface area contributed by atoms with Crippen molar-refractivity contribution in [1.82, 2.24) is 20.2 Å². The minimum atomic E-state index is -0.239. The Morgan fingerprint density at radius 2 is 1.69 bits per heavy atom. The molecule has 1 heterocycles. The average molecular weight is 498 g/mol. The molecule has 36 heavy (non-hydrogen) atoms. The number of nitrogens with one attached hydrogen (secondary N) is 1. The lowest BCUT2D eigenvalue weighted by Gasteiger charge is -2.11. The van der Waals surface area contributed by atoms with E-state index in [0.717, 1.165) is 34.0 Å². The number of allylic oxidation sites excluding steroid dienone is 1. The molecule has 3 aromatic carbocycles. The number of para-hydroxylation sites is 1. The first-order chi connectivity index (χ1) is 17.5. The van der Waals surface area contributed by atoms with Crippen LogP contribution in [0.25, 0.3) is 23.2 Å². The van der Waals surface area contributed by atoms with Crippen molar-refractivity contribution >= 4 is 30.0 Å². The van der Waals surface area contributed by atoms with E-state index in [0.29, 0.717) is 5.16 Å². The van der Waals surface area contributed by atoms with E-state index in [1.165, 1.54) is 23.5 Å². The summed E-state index contributed by atoms with van der Waals surface area (Å²) < 4.78 is 7.29. The molecule has 0 unspecified atom stereocenters. The van der Waals surface area contributed by atoms with Crippen molar-refractivity contribution in [3.05, 3.63) is 95.6 Å². The fourth-order valence-corrected chi connectivity index (χ4v) is 4.19. The Morgan fingerprint density at radius 3 is 2.42 bits per heavy atom. The molecule has 0 aliphatic rings. The number of aromatic nitrogens is 3. The molecule has 1 N–H and O–H groups in total. The molecule has 182 valence electrons. The number of carbonyl (C=O) groups is 1. The van der Waals surface area contributed by atoms with E-state index in [2.05, 4.69) is 20.7 Å². The van der Waals surface area contributed by atoms with Crippen LogP contribution in [0.15, 0.2) is 89.1 Å². The van der Waals surface area contributed by atoms with Crippen molar-refractivity contribution in [2.24, 2.45) is 5.10 Å². The largest absolute Gasteiger partial charge is 0.496 e. The molecule has 0 radical (unpaired) electrons. The first-order valence-electron chi connectivity index (χ1n) is 11.4. The maximum atomic E-state index is 12.4. The van der Waals surface area contributed by atoms with E-state index in [-0.39, 0.29) is 11.7 Å². The number of hydrogen-bond donors (Lipinski definition) is 1. The number of hydrazone groups is 1. The minimum absolute atomic E-state index is 0.144. The zero-order valence-corrected chi connectivity index (χ0v) is 21.2. The molecule has 1 aromatic heterocycles. The quantitative estimate of drug-likeness (QED) is 0.188. The van der Waals surface area contributed by atoms with Gasteiger partial charge in [0.15, 0.2) is 11.0 Å². The Balaban J connectivity index is 1.44. The zero-order valence-electron chi connectivity index (χ0n) is 20.4. The van der Waals surface area contributed by atoms with E-state index in [1.54, 1.807) is 13.2 Å². The van der Waals surface area contributed by atoms with Crippen LogP contribution in [-0.4, -0.2) is 39.7 Å². The van der Waals surface area contributed by atoms with Crippen molar-refractivity contribution in [2.45, 2.75) is 19.0 Å². The molecule has 0 fully saturated rings. The first-order valence-corrected chi connectivity index (χ1v) is 12.4. The molecule has 8 heteroatoms. The van der Waals surface area contributed by atoms with Crippen LogP contribution in [-0.2, 0) is 4.79 Å². The molecule has 0 aliphatic heterocycles. The summed E-state index contributed by atoms with van der Waals surface area (Å²) in [7, 11) is 1.63. The molecule has 0 atom stereocenters. The van der Waals surface area contributed by atoms with Crippen molar-refractivity contribution in [1.29, 1.82) is 0 Å². The first kappa shape index (κ1) is 24.9. The molecule has 0 spiro atoms. The molecular weight excluding hydrogens is 470 g/mol. The lowest BCUT2D eigenvalue weighted by Crippen LogP contribution is -2.19. The normalized spacial score (nSPS) is 11.3. The summed E-state index contributed by atoms with van der Waals surface area (Å²) in [5.74, 6) is 1.40. The lowest BCUT2D eigenvalue weighted by atomic mass is 10.1. The molecule has 0 saturated heterocycles. The molecule has 0 bridgehead atoms. The Bertz CT molecular complexity index is 1380. The van der Waals surface area contributed by atoms with Crippen LogP contribution < -0.4 is 10.2 Å². The SMILES string of the molecule is COc1ccccc1C=CC=NNC(=O)CSc1nnc(-c2ccc(C)cc2)n1-c1ccc(C)cc1. The van der Waals surface area contributed by atoms with Gasteiger partial charge in [-0.05, 0) is 44.2 Å². The molecule has 4 rings (SSSR count). The Kier molecular flexibility index (Phi) is 8.31.